The minimum absolute atomic E-state index is 0.215. The summed E-state index contributed by atoms with van der Waals surface area (Å²) in [6, 6.07) is 8.67. The van der Waals surface area contributed by atoms with Crippen LogP contribution in [0, 0.1) is 0 Å². The van der Waals surface area contributed by atoms with Gasteiger partial charge in [-0.05, 0) is 23.3 Å². The largest absolute Gasteiger partial charge is 0.478 e. The summed E-state index contributed by atoms with van der Waals surface area (Å²) in [5.74, 6) is -1.33. The van der Waals surface area contributed by atoms with E-state index in [2.05, 4.69) is 15.0 Å². The zero-order chi connectivity index (χ0) is 14.4. The molecule has 0 aliphatic heterocycles. The van der Waals surface area contributed by atoms with Gasteiger partial charge in [0.05, 0.1) is 0 Å². The topological polar surface area (TPSA) is 92.4 Å². The molecular weight excluding hydrogens is 260 g/mol. The minimum atomic E-state index is -1.00. The predicted octanol–water partition coefficient (Wildman–Crippen LogP) is 1.70. The van der Waals surface area contributed by atoms with Gasteiger partial charge < -0.3 is 14.9 Å². The third kappa shape index (κ3) is 3.81. The molecule has 0 bridgehead atoms. The van der Waals surface area contributed by atoms with Crippen LogP contribution in [-0.4, -0.2) is 22.1 Å². The summed E-state index contributed by atoms with van der Waals surface area (Å²) in [5.41, 5.74) is 1.82. The Labute approximate surface area is 114 Å². The number of carbonyl (C=O) groups excluding carboxylic acids is 1. The van der Waals surface area contributed by atoms with Gasteiger partial charge in [0.2, 0.25) is 0 Å². The summed E-state index contributed by atoms with van der Waals surface area (Å²) < 4.78 is 4.59. The highest BCUT2D eigenvalue weighted by Crippen LogP contribution is 2.07. The summed E-state index contributed by atoms with van der Waals surface area (Å²) in [4.78, 5) is 22.1. The number of carbonyl (C=O) groups is 2. The average molecular weight is 272 g/mol. The molecule has 1 aromatic heterocycles. The van der Waals surface area contributed by atoms with Crippen LogP contribution in [0.1, 0.15) is 21.6 Å². The van der Waals surface area contributed by atoms with Crippen molar-refractivity contribution in [1.82, 2.24) is 10.5 Å². The number of nitrogens with one attached hydrogen (secondary N) is 1. The van der Waals surface area contributed by atoms with Crippen LogP contribution in [0.5, 0.6) is 0 Å². The van der Waals surface area contributed by atoms with Crippen molar-refractivity contribution in [2.45, 2.75) is 6.54 Å². The number of carboxylic acids is 1. The van der Waals surface area contributed by atoms with Gasteiger partial charge in [0.15, 0.2) is 5.69 Å². The van der Waals surface area contributed by atoms with Crippen LogP contribution in [0.25, 0.3) is 6.08 Å². The Balaban J connectivity index is 1.98. The lowest BCUT2D eigenvalue weighted by molar-refractivity contribution is -0.131. The van der Waals surface area contributed by atoms with Crippen molar-refractivity contribution in [2.75, 3.05) is 0 Å². The minimum Gasteiger partial charge on any atom is -0.478 e. The van der Waals surface area contributed by atoms with Gasteiger partial charge >= 0.3 is 5.97 Å². The molecule has 20 heavy (non-hydrogen) atoms. The molecule has 0 unspecified atom stereocenters. The first-order chi connectivity index (χ1) is 9.65. The van der Waals surface area contributed by atoms with E-state index in [1.54, 1.807) is 18.2 Å². The first-order valence-corrected chi connectivity index (χ1v) is 5.83. The van der Waals surface area contributed by atoms with E-state index < -0.39 is 5.97 Å². The maximum Gasteiger partial charge on any atom is 0.328 e. The van der Waals surface area contributed by atoms with Crippen molar-refractivity contribution in [3.63, 3.8) is 0 Å². The number of hydrogen-bond donors (Lipinski definition) is 2. The van der Waals surface area contributed by atoms with Gasteiger partial charge in [0.1, 0.15) is 6.26 Å². The molecule has 6 heteroatoms. The highest BCUT2D eigenvalue weighted by atomic mass is 16.5. The number of rotatable bonds is 5. The molecule has 102 valence electrons. The van der Waals surface area contributed by atoms with E-state index >= 15 is 0 Å². The van der Waals surface area contributed by atoms with Gasteiger partial charge in [-0.25, -0.2) is 4.79 Å². The first kappa shape index (κ1) is 13.5. The number of aliphatic carboxylic acids is 1. The molecule has 0 spiro atoms. The number of carboxylic acid groups (broad SMARTS) is 1. The second-order valence-corrected chi connectivity index (χ2v) is 3.98. The van der Waals surface area contributed by atoms with Gasteiger partial charge in [0.25, 0.3) is 5.91 Å². The van der Waals surface area contributed by atoms with Gasteiger partial charge in [0, 0.05) is 18.7 Å². The summed E-state index contributed by atoms with van der Waals surface area (Å²) in [5, 5.41) is 14.8. The van der Waals surface area contributed by atoms with Crippen molar-refractivity contribution >= 4 is 18.0 Å². The molecule has 1 aromatic carbocycles. The Hall–Kier alpha value is -2.89. The molecule has 2 rings (SSSR count). The Bertz CT molecular complexity index is 632. The second kappa shape index (κ2) is 6.33. The van der Waals surface area contributed by atoms with E-state index in [4.69, 9.17) is 5.11 Å². The Morgan fingerprint density at radius 2 is 2.20 bits per heavy atom. The fourth-order valence-electron chi connectivity index (χ4n) is 1.58. The van der Waals surface area contributed by atoms with Crippen molar-refractivity contribution in [2.24, 2.45) is 0 Å². The van der Waals surface area contributed by atoms with Gasteiger partial charge in [-0.2, -0.15) is 0 Å². The third-order valence-corrected chi connectivity index (χ3v) is 2.49. The summed E-state index contributed by atoms with van der Waals surface area (Å²) >= 11 is 0. The van der Waals surface area contributed by atoms with Gasteiger partial charge in [-0.15, -0.1) is 0 Å². The maximum atomic E-state index is 11.7. The van der Waals surface area contributed by atoms with Crippen LogP contribution in [0.4, 0.5) is 0 Å². The number of amides is 1. The molecule has 0 saturated carbocycles. The van der Waals surface area contributed by atoms with E-state index in [-0.39, 0.29) is 11.6 Å². The Kier molecular flexibility index (Phi) is 4.28. The van der Waals surface area contributed by atoms with Crippen LogP contribution in [0.15, 0.2) is 47.2 Å². The van der Waals surface area contributed by atoms with Gasteiger partial charge in [-0.1, -0.05) is 23.4 Å². The van der Waals surface area contributed by atoms with E-state index in [0.717, 1.165) is 17.2 Å². The SMILES string of the molecule is O=C(O)C=Cc1cccc(CNC(=O)c2ccon2)c1. The van der Waals surface area contributed by atoms with E-state index in [9.17, 15) is 9.59 Å². The summed E-state index contributed by atoms with van der Waals surface area (Å²) in [7, 11) is 0. The molecule has 2 aromatic rings. The molecule has 1 amide bonds. The van der Waals surface area contributed by atoms with Crippen molar-refractivity contribution in [1.29, 1.82) is 0 Å². The molecule has 0 aliphatic carbocycles. The lowest BCUT2D eigenvalue weighted by Gasteiger charge is -2.04. The molecular formula is C14H12N2O4. The fourth-order valence-corrected chi connectivity index (χ4v) is 1.58. The smallest absolute Gasteiger partial charge is 0.328 e. The summed E-state index contributed by atoms with van der Waals surface area (Å²) in [6.07, 6.45) is 3.88. The molecule has 0 saturated heterocycles. The second-order valence-electron chi connectivity index (χ2n) is 3.98. The predicted molar refractivity (Wildman–Crippen MR) is 70.8 cm³/mol. The zero-order valence-corrected chi connectivity index (χ0v) is 10.4. The van der Waals surface area contributed by atoms with Gasteiger partial charge in [-0.3, -0.25) is 4.79 Å². The number of nitrogens with zero attached hydrogens (tertiary/aromatic N) is 1. The van der Waals surface area contributed by atoms with Crippen LogP contribution >= 0.6 is 0 Å². The van der Waals surface area contributed by atoms with E-state index in [1.807, 2.05) is 6.07 Å². The van der Waals surface area contributed by atoms with Crippen LogP contribution in [0.3, 0.4) is 0 Å². The highest BCUT2D eigenvalue weighted by molar-refractivity contribution is 5.91. The average Bonchev–Trinajstić information content (AvgIpc) is 2.97. The zero-order valence-electron chi connectivity index (χ0n) is 10.4. The quantitative estimate of drug-likeness (QED) is 0.808. The maximum absolute atomic E-state index is 11.7. The Morgan fingerprint density at radius 1 is 1.35 bits per heavy atom. The van der Waals surface area contributed by atoms with Crippen LogP contribution in [-0.2, 0) is 11.3 Å². The standard InChI is InChI=1S/C14H12N2O4/c17-13(18)5-4-10-2-1-3-11(8-10)9-15-14(19)12-6-7-20-16-12/h1-8H,9H2,(H,15,19)(H,17,18). The third-order valence-electron chi connectivity index (χ3n) is 2.49. The number of aromatic nitrogens is 1. The molecule has 0 atom stereocenters. The normalized spacial score (nSPS) is 10.6. The molecule has 6 nitrogen and oxygen atoms in total. The number of benzene rings is 1. The van der Waals surface area contributed by atoms with Crippen LogP contribution < -0.4 is 5.32 Å². The van der Waals surface area contributed by atoms with Crippen molar-refractivity contribution in [3.05, 3.63) is 59.5 Å². The summed E-state index contributed by atoms with van der Waals surface area (Å²) in [6.45, 7) is 0.320. The molecule has 0 aliphatic rings. The molecule has 2 N–H and O–H groups in total. The van der Waals surface area contributed by atoms with E-state index in [1.165, 1.54) is 18.4 Å². The highest BCUT2D eigenvalue weighted by Gasteiger charge is 2.07. The monoisotopic (exact) mass is 272 g/mol. The molecule has 0 fully saturated rings. The lowest BCUT2D eigenvalue weighted by atomic mass is 10.1. The van der Waals surface area contributed by atoms with E-state index in [0.29, 0.717) is 6.54 Å². The number of hydrogen-bond acceptors (Lipinski definition) is 4. The fraction of sp³-hybridized carbons (Fsp3) is 0.0714. The molecule has 0 radical (unpaired) electrons. The van der Waals surface area contributed by atoms with Crippen molar-refractivity contribution in [3.8, 4) is 0 Å². The van der Waals surface area contributed by atoms with Crippen LogP contribution in [0.2, 0.25) is 0 Å². The van der Waals surface area contributed by atoms with Crippen molar-refractivity contribution < 1.29 is 19.2 Å². The Morgan fingerprint density at radius 3 is 2.90 bits per heavy atom. The lowest BCUT2D eigenvalue weighted by Crippen LogP contribution is -2.23. The molecule has 1 heterocycles. The first-order valence-electron chi connectivity index (χ1n) is 5.83.